The molecule has 0 aliphatic carbocycles. The van der Waals surface area contributed by atoms with Crippen LogP contribution in [0.2, 0.25) is 16.6 Å². The summed E-state index contributed by atoms with van der Waals surface area (Å²) in [6, 6.07) is 6.64. The summed E-state index contributed by atoms with van der Waals surface area (Å²) in [5, 5.41) is 15.1. The van der Waals surface area contributed by atoms with Crippen LogP contribution in [-0.2, 0) is 0 Å². The molecule has 55 heavy (non-hydrogen) atoms. The van der Waals surface area contributed by atoms with Crippen LogP contribution >= 0.6 is 0 Å². The van der Waals surface area contributed by atoms with E-state index < -0.39 is 42.8 Å². The lowest BCUT2D eigenvalue weighted by molar-refractivity contribution is 0.107. The number of nitrogens with zero attached hydrogens (tertiary/aromatic N) is 4. The van der Waals surface area contributed by atoms with E-state index in [0.29, 0.717) is 43.8 Å². The molecule has 3 saturated heterocycles. The van der Waals surface area contributed by atoms with Gasteiger partial charge in [-0.05, 0) is 78.1 Å². The molecule has 3 aliphatic heterocycles. The van der Waals surface area contributed by atoms with E-state index in [-0.39, 0.29) is 68.3 Å². The minimum Gasteiger partial charge on any atom is -0.508 e. The van der Waals surface area contributed by atoms with Gasteiger partial charge < -0.3 is 20.1 Å². The van der Waals surface area contributed by atoms with Crippen molar-refractivity contribution < 1.29 is 27.4 Å². The SMILES string of the molecule is CC1CNCCN(c2nc(OC[C@@]34CCCN3C[C@H](F)C4)nc3c(F)c(-c4cc(O)cc5ccc(F)c(C#C[Si](C(C)C)(C(C)C)C(C)C)c45)c(F)cc23)C1. The van der Waals surface area contributed by atoms with Gasteiger partial charge in [0.25, 0.3) is 0 Å². The Balaban J connectivity index is 1.44. The highest BCUT2D eigenvalue weighted by Gasteiger charge is 2.49. The molecule has 3 aromatic carbocycles. The van der Waals surface area contributed by atoms with E-state index in [1.807, 2.05) is 4.90 Å². The smallest absolute Gasteiger partial charge is 0.319 e. The number of alkyl halides is 1. The molecule has 0 radical (unpaired) electrons. The maximum atomic E-state index is 17.4. The number of phenols is 1. The number of benzene rings is 3. The average molecular weight is 776 g/mol. The second-order valence-corrected chi connectivity index (χ2v) is 22.6. The number of ether oxygens (including phenoxy) is 1. The van der Waals surface area contributed by atoms with E-state index in [1.165, 1.54) is 30.3 Å². The van der Waals surface area contributed by atoms with Crippen LogP contribution in [0.3, 0.4) is 0 Å². The van der Waals surface area contributed by atoms with E-state index in [4.69, 9.17) is 9.72 Å². The van der Waals surface area contributed by atoms with E-state index in [1.54, 1.807) is 0 Å². The van der Waals surface area contributed by atoms with Crippen molar-refractivity contribution in [1.29, 1.82) is 0 Å². The van der Waals surface area contributed by atoms with Crippen molar-refractivity contribution in [2.75, 3.05) is 50.8 Å². The van der Waals surface area contributed by atoms with E-state index in [2.05, 4.69) is 75.1 Å². The predicted molar refractivity (Wildman–Crippen MR) is 215 cm³/mol. The minimum atomic E-state index is -2.34. The molecule has 3 aliphatic rings. The molecule has 7 nitrogen and oxygen atoms in total. The number of rotatable bonds is 8. The molecule has 2 N–H and O–H groups in total. The summed E-state index contributed by atoms with van der Waals surface area (Å²) in [5.41, 5.74) is 3.28. The first kappa shape index (κ1) is 39.3. The molecule has 12 heteroatoms. The van der Waals surface area contributed by atoms with Crippen LogP contribution in [0.15, 0.2) is 30.3 Å². The Hall–Kier alpha value is -3.92. The van der Waals surface area contributed by atoms with Gasteiger partial charge in [-0.1, -0.05) is 60.5 Å². The molecular formula is C43H53F4N5O2Si. The number of fused-ring (bicyclic) bond motifs is 3. The fraction of sp³-hybridized carbons (Fsp3) is 0.535. The third-order valence-corrected chi connectivity index (χ3v) is 18.8. The van der Waals surface area contributed by atoms with Crippen molar-refractivity contribution in [2.45, 2.75) is 96.1 Å². The molecule has 7 rings (SSSR count). The Morgan fingerprint density at radius 3 is 2.47 bits per heavy atom. The number of halogens is 4. The summed E-state index contributed by atoms with van der Waals surface area (Å²) >= 11 is 0. The molecule has 1 aromatic heterocycles. The molecule has 0 saturated carbocycles. The molecule has 1 unspecified atom stereocenters. The van der Waals surface area contributed by atoms with Crippen LogP contribution in [-0.4, -0.2) is 85.6 Å². The van der Waals surface area contributed by atoms with Crippen molar-refractivity contribution in [3.63, 3.8) is 0 Å². The molecule has 3 atom stereocenters. The van der Waals surface area contributed by atoms with E-state index >= 15 is 13.2 Å². The van der Waals surface area contributed by atoms with Crippen LogP contribution in [0.1, 0.15) is 73.3 Å². The van der Waals surface area contributed by atoms with Crippen LogP contribution in [0.4, 0.5) is 23.4 Å². The summed E-state index contributed by atoms with van der Waals surface area (Å²) in [6.45, 7) is 18.9. The molecule has 4 aromatic rings. The Bertz CT molecular complexity index is 2150. The summed E-state index contributed by atoms with van der Waals surface area (Å²) < 4.78 is 71.2. The second kappa shape index (κ2) is 15.2. The highest BCUT2D eigenvalue weighted by atomic mass is 28.3. The third-order valence-electron chi connectivity index (χ3n) is 12.5. The lowest BCUT2D eigenvalue weighted by atomic mass is 9.92. The number of anilines is 1. The first-order valence-electron chi connectivity index (χ1n) is 19.8. The van der Waals surface area contributed by atoms with Gasteiger partial charge in [-0.3, -0.25) is 4.90 Å². The zero-order valence-electron chi connectivity index (χ0n) is 33.0. The van der Waals surface area contributed by atoms with Crippen molar-refractivity contribution in [3.8, 4) is 34.4 Å². The van der Waals surface area contributed by atoms with Gasteiger partial charge in [-0.15, -0.1) is 5.54 Å². The molecule has 0 spiro atoms. The number of aromatic nitrogens is 2. The fourth-order valence-corrected chi connectivity index (χ4v) is 15.2. The van der Waals surface area contributed by atoms with Crippen molar-refractivity contribution in [2.24, 2.45) is 5.92 Å². The van der Waals surface area contributed by atoms with Crippen LogP contribution in [0.5, 0.6) is 11.8 Å². The standard InChI is InChI=1S/C43H53F4N5O2Si/c1-25(2)55(26(3)4,27(5)6)16-11-32-35(45)10-9-29-17-31(53)18-33(37(29)32)38-36(46)19-34-40(39(38)47)49-42(50-41(34)51-15-13-48-21-28(7)22-51)54-24-43-12-8-14-52(43)23-30(44)20-43/h9-10,17-19,25-28,30,48,53H,8,12-15,20-24H2,1-7H3/t28?,30-,43+/m1/s1. The van der Waals surface area contributed by atoms with Crippen molar-refractivity contribution >= 4 is 35.6 Å². The van der Waals surface area contributed by atoms with Gasteiger partial charge in [-0.2, -0.15) is 9.97 Å². The van der Waals surface area contributed by atoms with Gasteiger partial charge in [0, 0.05) is 48.9 Å². The Morgan fingerprint density at radius 1 is 1.00 bits per heavy atom. The van der Waals surface area contributed by atoms with Gasteiger partial charge in [-0.25, -0.2) is 17.6 Å². The summed E-state index contributed by atoms with van der Waals surface area (Å²) in [7, 11) is -2.34. The maximum absolute atomic E-state index is 17.4. The summed E-state index contributed by atoms with van der Waals surface area (Å²) in [4.78, 5) is 13.5. The number of phenolic OH excluding ortho intramolecular Hbond substituents is 1. The summed E-state index contributed by atoms with van der Waals surface area (Å²) in [6.07, 6.45) is 1.08. The molecular weight excluding hydrogens is 723 g/mol. The quantitative estimate of drug-likeness (QED) is 0.105. The second-order valence-electron chi connectivity index (χ2n) is 17.1. The van der Waals surface area contributed by atoms with E-state index in [9.17, 15) is 9.50 Å². The molecule has 3 fully saturated rings. The lowest BCUT2D eigenvalue weighted by Crippen LogP contribution is -2.43. The minimum absolute atomic E-state index is 0.0303. The number of nitrogens with one attached hydrogen (secondary N) is 1. The van der Waals surface area contributed by atoms with Gasteiger partial charge in [0.1, 0.15) is 49.6 Å². The topological polar surface area (TPSA) is 73.8 Å². The van der Waals surface area contributed by atoms with Gasteiger partial charge in [0.2, 0.25) is 0 Å². The molecule has 0 amide bonds. The van der Waals surface area contributed by atoms with Gasteiger partial charge in [0.05, 0.1) is 16.7 Å². The highest BCUT2D eigenvalue weighted by Crippen LogP contribution is 2.44. The van der Waals surface area contributed by atoms with Crippen LogP contribution < -0.4 is 15.0 Å². The summed E-state index contributed by atoms with van der Waals surface area (Å²) in [5.74, 6) is 1.02. The monoisotopic (exact) mass is 775 g/mol. The van der Waals surface area contributed by atoms with Crippen LogP contribution in [0, 0.1) is 34.8 Å². The van der Waals surface area contributed by atoms with Crippen molar-refractivity contribution in [3.05, 3.63) is 53.3 Å². The maximum Gasteiger partial charge on any atom is 0.319 e. The largest absolute Gasteiger partial charge is 0.508 e. The van der Waals surface area contributed by atoms with Crippen molar-refractivity contribution in [1.82, 2.24) is 20.2 Å². The fourth-order valence-electron chi connectivity index (χ4n) is 9.99. The zero-order chi connectivity index (χ0) is 39.4. The first-order valence-corrected chi connectivity index (χ1v) is 22.0. The normalized spacial score (nSPS) is 22.2. The van der Waals surface area contributed by atoms with Gasteiger partial charge >= 0.3 is 6.01 Å². The average Bonchev–Trinajstić information content (AvgIpc) is 3.55. The number of aromatic hydroxyl groups is 1. The predicted octanol–water partition coefficient (Wildman–Crippen LogP) is 9.14. The molecule has 0 bridgehead atoms. The zero-order valence-corrected chi connectivity index (χ0v) is 34.0. The first-order chi connectivity index (χ1) is 26.1. The molecule has 294 valence electrons. The van der Waals surface area contributed by atoms with E-state index in [0.717, 1.165) is 25.9 Å². The third kappa shape index (κ3) is 7.06. The van der Waals surface area contributed by atoms with Gasteiger partial charge in [0.15, 0.2) is 5.82 Å². The van der Waals surface area contributed by atoms with Crippen LogP contribution in [0.25, 0.3) is 32.8 Å². The highest BCUT2D eigenvalue weighted by molar-refractivity contribution is 6.90. The Labute approximate surface area is 322 Å². The number of hydrogen-bond donors (Lipinski definition) is 2. The Kier molecular flexibility index (Phi) is 10.9. The molecule has 4 heterocycles. The lowest BCUT2D eigenvalue weighted by Gasteiger charge is -2.38. The Morgan fingerprint density at radius 2 is 1.75 bits per heavy atom. The number of hydrogen-bond acceptors (Lipinski definition) is 7.